The van der Waals surface area contributed by atoms with Crippen LogP contribution in [0.1, 0.15) is 63.8 Å². The van der Waals surface area contributed by atoms with Gasteiger partial charge in [0, 0.05) is 86.1 Å². The molecule has 7 rings (SSSR count). The Labute approximate surface area is 319 Å². The number of benzene rings is 1. The lowest BCUT2D eigenvalue weighted by molar-refractivity contribution is -0.111. The molecule has 13 nitrogen and oxygen atoms in total. The van der Waals surface area contributed by atoms with Gasteiger partial charge < -0.3 is 35.3 Å². The molecule has 5 heterocycles. The number of ether oxygens (including phenoxy) is 1. The average molecular weight is 753 g/mol. The Hall–Kier alpha value is -4.89. The zero-order valence-electron chi connectivity index (χ0n) is 31.1. The minimum Gasteiger partial charge on any atom is -0.392 e. The predicted octanol–water partition coefficient (Wildman–Crippen LogP) is 5.39. The zero-order valence-corrected chi connectivity index (χ0v) is 31.9. The van der Waals surface area contributed by atoms with Gasteiger partial charge in [-0.25, -0.2) is 9.97 Å². The summed E-state index contributed by atoms with van der Waals surface area (Å²) in [5.74, 6) is -0.325. The number of hydrogen-bond donors (Lipinski definition) is 4. The molecule has 4 N–H and O–H groups in total. The zero-order chi connectivity index (χ0) is 37.9. The third-order valence-corrected chi connectivity index (χ3v) is 12.2. The molecule has 2 saturated heterocycles. The van der Waals surface area contributed by atoms with Gasteiger partial charge in [-0.1, -0.05) is 6.58 Å². The van der Waals surface area contributed by atoms with Gasteiger partial charge in [0.1, 0.15) is 5.82 Å². The molecule has 4 aromatic rings. The number of aliphatic hydroxyl groups excluding tert-OH is 1. The number of fused-ring (bicyclic) bond motifs is 1. The van der Waals surface area contributed by atoms with E-state index in [-0.39, 0.29) is 35.1 Å². The molecular weight excluding hydrogens is 705 g/mol. The molecule has 0 radical (unpaired) electrons. The van der Waals surface area contributed by atoms with Crippen LogP contribution in [0.15, 0.2) is 54.1 Å². The second kappa shape index (κ2) is 16.2. The minimum atomic E-state index is -0.415. The van der Waals surface area contributed by atoms with Crippen molar-refractivity contribution in [2.75, 3.05) is 53.7 Å². The van der Waals surface area contributed by atoms with Crippen molar-refractivity contribution in [3.8, 4) is 11.3 Å². The van der Waals surface area contributed by atoms with Crippen LogP contribution in [0.4, 0.5) is 28.7 Å². The molecule has 2 fully saturated rings. The van der Waals surface area contributed by atoms with E-state index < -0.39 is 6.61 Å². The Kier molecular flexibility index (Phi) is 11.2. The van der Waals surface area contributed by atoms with Crippen molar-refractivity contribution < 1.29 is 19.4 Å². The number of anilines is 5. The number of amides is 2. The van der Waals surface area contributed by atoms with E-state index in [0.717, 1.165) is 82.6 Å². The van der Waals surface area contributed by atoms with Crippen LogP contribution in [0.2, 0.25) is 0 Å². The summed E-state index contributed by atoms with van der Waals surface area (Å²) in [7, 11) is 1.63. The third kappa shape index (κ3) is 7.69. The number of nitrogens with one attached hydrogen (secondary N) is 3. The van der Waals surface area contributed by atoms with Crippen LogP contribution in [0.5, 0.6) is 0 Å². The number of carbonyl (C=O) groups excluding carboxylic acids is 2. The fraction of sp³-hybridized carbons (Fsp3) is 0.425. The van der Waals surface area contributed by atoms with Gasteiger partial charge in [0.2, 0.25) is 5.91 Å². The highest BCUT2D eigenvalue weighted by Gasteiger charge is 2.31. The normalized spacial score (nSPS) is 17.9. The van der Waals surface area contributed by atoms with Crippen molar-refractivity contribution in [3.63, 3.8) is 0 Å². The second-order valence-electron chi connectivity index (χ2n) is 14.3. The maximum atomic E-state index is 13.5. The molecule has 2 amide bonds. The minimum absolute atomic E-state index is 0.0493. The quantitative estimate of drug-likeness (QED) is 0.155. The monoisotopic (exact) mass is 752 g/mol. The molecule has 0 unspecified atom stereocenters. The Balaban J connectivity index is 1.15. The van der Waals surface area contributed by atoms with Crippen LogP contribution in [0.3, 0.4) is 0 Å². The first-order chi connectivity index (χ1) is 26.1. The number of aryl methyl sites for hydroxylation is 2. The van der Waals surface area contributed by atoms with Crippen molar-refractivity contribution >= 4 is 51.8 Å². The van der Waals surface area contributed by atoms with E-state index in [0.29, 0.717) is 39.1 Å². The Morgan fingerprint density at radius 3 is 2.65 bits per heavy atom. The highest BCUT2D eigenvalue weighted by Crippen LogP contribution is 2.36. The van der Waals surface area contributed by atoms with Crippen LogP contribution in [0, 0.1) is 6.92 Å². The first kappa shape index (κ1) is 37.4. The molecule has 284 valence electrons. The van der Waals surface area contributed by atoms with E-state index >= 15 is 0 Å². The maximum absolute atomic E-state index is 13.5. The summed E-state index contributed by atoms with van der Waals surface area (Å²) < 4.78 is 7.00. The van der Waals surface area contributed by atoms with Crippen molar-refractivity contribution in [1.29, 1.82) is 0 Å². The summed E-state index contributed by atoms with van der Waals surface area (Å²) >= 11 is 1.53. The smallest absolute Gasteiger partial charge is 0.293 e. The number of hydrogen-bond acceptors (Lipinski definition) is 11. The number of aromatic nitrogens is 3. The first-order valence-electron chi connectivity index (χ1n) is 18.7. The molecule has 1 atom stereocenters. The topological polar surface area (TPSA) is 154 Å². The molecule has 14 heteroatoms. The van der Waals surface area contributed by atoms with Crippen molar-refractivity contribution in [1.82, 2.24) is 19.4 Å². The van der Waals surface area contributed by atoms with E-state index in [2.05, 4.69) is 44.2 Å². The molecule has 0 saturated carbocycles. The summed E-state index contributed by atoms with van der Waals surface area (Å²) in [4.78, 5) is 55.5. The largest absolute Gasteiger partial charge is 0.392 e. The summed E-state index contributed by atoms with van der Waals surface area (Å²) in [6.45, 7) is 11.6. The number of nitrogens with zero attached hydrogens (tertiary/aromatic N) is 5. The number of thiophene rings is 1. The molecule has 54 heavy (non-hydrogen) atoms. The number of rotatable bonds is 10. The van der Waals surface area contributed by atoms with E-state index in [9.17, 15) is 19.5 Å². The molecule has 3 aromatic heterocycles. The summed E-state index contributed by atoms with van der Waals surface area (Å²) in [5.41, 5.74) is 5.22. The van der Waals surface area contributed by atoms with Crippen LogP contribution in [-0.2, 0) is 36.0 Å². The Morgan fingerprint density at radius 1 is 1.11 bits per heavy atom. The molecular formula is C40H48N8O5S. The van der Waals surface area contributed by atoms with Gasteiger partial charge in [0.15, 0.2) is 5.82 Å². The van der Waals surface area contributed by atoms with E-state index in [1.807, 2.05) is 19.1 Å². The lowest BCUT2D eigenvalue weighted by Gasteiger charge is -2.45. The number of piperazine rings is 1. The molecule has 2 aliphatic heterocycles. The van der Waals surface area contributed by atoms with Gasteiger partial charge >= 0.3 is 0 Å². The van der Waals surface area contributed by atoms with Crippen molar-refractivity contribution in [2.24, 2.45) is 7.05 Å². The second-order valence-corrected chi connectivity index (χ2v) is 15.4. The van der Waals surface area contributed by atoms with Gasteiger partial charge in [0.25, 0.3) is 11.5 Å². The van der Waals surface area contributed by atoms with Gasteiger partial charge in [-0.2, -0.15) is 0 Å². The SMILES string of the molecule is C=CC(=O)Nc1cc(Nc2nc(-c3ccnc(NC(=O)c4sc5c(c4C)CCCC5)c3CO)cn(C)c2=O)ccc1N1CCN(C2CCOCC2)C[C@@H]1C. The highest BCUT2D eigenvalue weighted by atomic mass is 32.1. The average Bonchev–Trinajstić information content (AvgIpc) is 3.53. The van der Waals surface area contributed by atoms with Gasteiger partial charge in [0.05, 0.1) is 28.6 Å². The van der Waals surface area contributed by atoms with Gasteiger partial charge in [-0.05, 0) is 93.8 Å². The molecule has 1 aliphatic carbocycles. The Morgan fingerprint density at radius 2 is 1.91 bits per heavy atom. The maximum Gasteiger partial charge on any atom is 0.293 e. The summed E-state index contributed by atoms with van der Waals surface area (Å²) in [6, 6.07) is 8.03. The van der Waals surface area contributed by atoms with Crippen molar-refractivity contribution in [3.05, 3.63) is 86.1 Å². The van der Waals surface area contributed by atoms with Crippen LogP contribution < -0.4 is 26.4 Å². The van der Waals surface area contributed by atoms with Crippen molar-refractivity contribution in [2.45, 2.75) is 71.1 Å². The van der Waals surface area contributed by atoms with Gasteiger partial charge in [-0.15, -0.1) is 11.3 Å². The predicted molar refractivity (Wildman–Crippen MR) is 213 cm³/mol. The van der Waals surface area contributed by atoms with E-state index in [1.54, 1.807) is 31.6 Å². The van der Waals surface area contributed by atoms with Crippen LogP contribution >= 0.6 is 11.3 Å². The summed E-state index contributed by atoms with van der Waals surface area (Å²) in [6.07, 6.45) is 10.7. The molecule has 0 bridgehead atoms. The third-order valence-electron chi connectivity index (χ3n) is 10.8. The van der Waals surface area contributed by atoms with Crippen LogP contribution in [-0.4, -0.2) is 81.3 Å². The number of aliphatic hydroxyl groups is 1. The molecule has 3 aliphatic rings. The van der Waals surface area contributed by atoms with E-state index in [1.165, 1.54) is 32.4 Å². The van der Waals surface area contributed by atoms with E-state index in [4.69, 9.17) is 9.72 Å². The molecule has 1 aromatic carbocycles. The lowest BCUT2D eigenvalue weighted by atomic mass is 9.95. The Bertz CT molecular complexity index is 2120. The number of carbonyl (C=O) groups is 2. The fourth-order valence-corrected chi connectivity index (χ4v) is 9.22. The lowest BCUT2D eigenvalue weighted by Crippen LogP contribution is -2.56. The van der Waals surface area contributed by atoms with Crippen LogP contribution in [0.25, 0.3) is 11.3 Å². The fourth-order valence-electron chi connectivity index (χ4n) is 7.93. The molecule has 0 spiro atoms. The first-order valence-corrected chi connectivity index (χ1v) is 19.5. The van der Waals surface area contributed by atoms with Gasteiger partial charge in [-0.3, -0.25) is 19.3 Å². The summed E-state index contributed by atoms with van der Waals surface area (Å²) in [5, 5.41) is 19.6. The standard InChI is InChI=1S/C40H48N8O5S/c1-5-35(50)43-31-20-26(10-11-33(31)48-17-16-47(21-24(48)2)27-13-18-53-19-14-27)42-38-40(52)46(4)22-32(44-38)29-12-15-41-37(30(29)23-49)45-39(51)36-25(3)28-8-6-7-9-34(28)54-36/h5,10-12,15,20,22,24,27,49H,1,6-9,13-14,16-19,21,23H2,2-4H3,(H,42,44)(H,43,50)(H,41,45,51)/t24-/m0/s1. The highest BCUT2D eigenvalue weighted by molar-refractivity contribution is 7.14. The number of pyridine rings is 1.